The highest BCUT2D eigenvalue weighted by atomic mass is 35.5. The third-order valence-corrected chi connectivity index (χ3v) is 10.2. The van der Waals surface area contributed by atoms with Crippen LogP contribution in [-0.4, -0.2) is 73.2 Å². The van der Waals surface area contributed by atoms with Gasteiger partial charge in [0.1, 0.15) is 12.6 Å². The molecule has 1 aliphatic rings. The van der Waals surface area contributed by atoms with Crippen molar-refractivity contribution < 1.29 is 37.8 Å². The van der Waals surface area contributed by atoms with Gasteiger partial charge < -0.3 is 34.4 Å². The second kappa shape index (κ2) is 17.4. The summed E-state index contributed by atoms with van der Waals surface area (Å²) in [7, 11) is -0.879. The van der Waals surface area contributed by atoms with E-state index in [-0.39, 0.29) is 49.9 Å². The van der Waals surface area contributed by atoms with Crippen molar-refractivity contribution in [2.75, 3.05) is 27.3 Å². The number of rotatable bonds is 16. The number of aliphatic hydroxyl groups excluding tert-OH is 1. The number of nitrogens with one attached hydrogen (secondary N) is 2. The lowest BCUT2D eigenvalue weighted by Crippen LogP contribution is -2.53. The Hall–Kier alpha value is -2.17. The Bertz CT molecular complexity index is 1100. The van der Waals surface area contributed by atoms with Gasteiger partial charge in [-0.25, -0.2) is 4.79 Å². The molecule has 1 fully saturated rings. The lowest BCUT2D eigenvalue weighted by atomic mass is 9.71. The molecule has 43 heavy (non-hydrogen) atoms. The maximum atomic E-state index is 13.8. The summed E-state index contributed by atoms with van der Waals surface area (Å²) >= 11 is 6.03. The van der Waals surface area contributed by atoms with Crippen LogP contribution in [0.4, 0.5) is 4.79 Å². The number of hydrogen-bond donors (Lipinski definition) is 3. The number of halogens is 1. The predicted molar refractivity (Wildman–Crippen MR) is 166 cm³/mol. The number of benzene rings is 1. The summed E-state index contributed by atoms with van der Waals surface area (Å²) in [5, 5.41) is 17.1. The van der Waals surface area contributed by atoms with Gasteiger partial charge in [0.05, 0.1) is 19.3 Å². The van der Waals surface area contributed by atoms with Gasteiger partial charge in [-0.15, -0.1) is 0 Å². The molecule has 1 saturated carbocycles. The van der Waals surface area contributed by atoms with Crippen LogP contribution in [0.2, 0.25) is 5.02 Å². The largest absolute Gasteiger partial charge is 0.445 e. The maximum absolute atomic E-state index is 13.8. The van der Waals surface area contributed by atoms with Crippen molar-refractivity contribution in [1.29, 1.82) is 0 Å². The average Bonchev–Trinajstić information content (AvgIpc) is 2.94. The molecule has 0 spiro atoms. The molecule has 0 radical (unpaired) electrons. The highest BCUT2D eigenvalue weighted by Gasteiger charge is 2.42. The van der Waals surface area contributed by atoms with Crippen molar-refractivity contribution in [3.8, 4) is 0 Å². The van der Waals surface area contributed by atoms with Crippen LogP contribution < -0.4 is 10.6 Å². The Kier molecular flexibility index (Phi) is 14.9. The average molecular weight is 646 g/mol. The molecular weight excluding hydrogens is 597 g/mol. The summed E-state index contributed by atoms with van der Waals surface area (Å²) in [6.45, 7) is 7.63. The Balaban J connectivity index is 2.26. The van der Waals surface area contributed by atoms with E-state index in [1.807, 2.05) is 0 Å². The summed E-state index contributed by atoms with van der Waals surface area (Å²) < 4.78 is 29.5. The van der Waals surface area contributed by atoms with E-state index in [2.05, 4.69) is 24.5 Å². The SMILES string of the molecule is CCOP(=O)(OCC)C(O)[C@H](CCC(=O)N(C)C)NC(=O)C(CC1CCC(C)(C)CC1)NC(=O)OCc1cccc(Cl)c1. The van der Waals surface area contributed by atoms with Gasteiger partial charge in [0.25, 0.3) is 0 Å². The normalized spacial score (nSPS) is 17.4. The second-order valence-electron chi connectivity index (χ2n) is 12.0. The molecular formula is C30H49ClN3O8P. The molecule has 1 aliphatic carbocycles. The van der Waals surface area contributed by atoms with Crippen molar-refractivity contribution >= 4 is 37.1 Å². The van der Waals surface area contributed by atoms with Crippen LogP contribution in [0.5, 0.6) is 0 Å². The van der Waals surface area contributed by atoms with Crippen molar-refractivity contribution in [3.05, 3.63) is 34.9 Å². The molecule has 3 N–H and O–H groups in total. The lowest BCUT2D eigenvalue weighted by Gasteiger charge is -2.36. The minimum absolute atomic E-state index is 0.00626. The molecule has 1 aromatic carbocycles. The third kappa shape index (κ3) is 12.4. The first-order valence-corrected chi connectivity index (χ1v) is 16.9. The molecule has 244 valence electrons. The van der Waals surface area contributed by atoms with Crippen molar-refractivity contribution in [2.45, 2.75) is 97.2 Å². The number of alkyl carbamates (subject to hydrolysis) is 1. The van der Waals surface area contributed by atoms with E-state index >= 15 is 0 Å². The summed E-state index contributed by atoms with van der Waals surface area (Å²) in [6.07, 6.45) is 3.26. The van der Waals surface area contributed by atoms with Crippen LogP contribution >= 0.6 is 19.2 Å². The summed E-state index contributed by atoms with van der Waals surface area (Å²) in [5.41, 5.74) is 0.903. The quantitative estimate of drug-likeness (QED) is 0.201. The Morgan fingerprint density at radius 1 is 1.12 bits per heavy atom. The molecule has 0 aromatic heterocycles. The highest BCUT2D eigenvalue weighted by Crippen LogP contribution is 2.53. The standard InChI is InChI=1S/C30H49ClN3O8P/c1-7-41-43(39,42-8-2)28(37)24(12-13-26(35)34(5)6)32-27(36)25(19-21-14-16-30(3,4)17-15-21)33-29(38)40-20-22-10-9-11-23(31)18-22/h9-11,18,21,24-25,28,37H,7-8,12-17,19-20H2,1-6H3,(H,32,36)(H,33,38)/t24-,25?,28?/m0/s1. The van der Waals surface area contributed by atoms with E-state index in [0.717, 1.165) is 25.7 Å². The number of carbonyl (C=O) groups is 3. The first-order chi connectivity index (χ1) is 20.2. The molecule has 0 heterocycles. The fraction of sp³-hybridized carbons (Fsp3) is 0.700. The van der Waals surface area contributed by atoms with Crippen LogP contribution in [0.15, 0.2) is 24.3 Å². The number of ether oxygens (including phenoxy) is 1. The number of aliphatic hydroxyl groups is 1. The van der Waals surface area contributed by atoms with E-state index in [1.54, 1.807) is 52.2 Å². The molecule has 1 aromatic rings. The summed E-state index contributed by atoms with van der Waals surface area (Å²) in [4.78, 5) is 40.4. The van der Waals surface area contributed by atoms with Crippen LogP contribution in [0.1, 0.15) is 78.2 Å². The highest BCUT2D eigenvalue weighted by molar-refractivity contribution is 7.54. The molecule has 2 unspecified atom stereocenters. The summed E-state index contributed by atoms with van der Waals surface area (Å²) in [6, 6.07) is 4.75. The van der Waals surface area contributed by atoms with E-state index in [9.17, 15) is 24.1 Å². The zero-order valence-corrected chi connectivity index (χ0v) is 27.9. The van der Waals surface area contributed by atoms with Crippen molar-refractivity contribution in [1.82, 2.24) is 15.5 Å². The monoisotopic (exact) mass is 645 g/mol. The first-order valence-electron chi connectivity index (χ1n) is 14.9. The van der Waals surface area contributed by atoms with Crippen LogP contribution in [0, 0.1) is 11.3 Å². The fourth-order valence-corrected chi connectivity index (χ4v) is 7.05. The third-order valence-electron chi connectivity index (χ3n) is 7.69. The zero-order valence-electron chi connectivity index (χ0n) is 26.3. The lowest BCUT2D eigenvalue weighted by molar-refractivity contribution is -0.130. The van der Waals surface area contributed by atoms with Crippen LogP contribution in [0.3, 0.4) is 0 Å². The van der Waals surface area contributed by atoms with Crippen LogP contribution in [0.25, 0.3) is 0 Å². The van der Waals surface area contributed by atoms with E-state index in [0.29, 0.717) is 17.0 Å². The van der Waals surface area contributed by atoms with Crippen molar-refractivity contribution in [3.63, 3.8) is 0 Å². The molecule has 2 rings (SSSR count). The minimum Gasteiger partial charge on any atom is -0.445 e. The Morgan fingerprint density at radius 3 is 2.30 bits per heavy atom. The number of nitrogens with zero attached hydrogens (tertiary/aromatic N) is 1. The van der Waals surface area contributed by atoms with Crippen molar-refractivity contribution in [2.24, 2.45) is 11.3 Å². The van der Waals surface area contributed by atoms with E-state index in [4.69, 9.17) is 25.4 Å². The number of hydrogen-bond acceptors (Lipinski definition) is 8. The van der Waals surface area contributed by atoms with Crippen LogP contribution in [-0.2, 0) is 34.5 Å². The van der Waals surface area contributed by atoms with Gasteiger partial charge in [-0.1, -0.05) is 37.6 Å². The van der Waals surface area contributed by atoms with Gasteiger partial charge in [-0.3, -0.25) is 14.2 Å². The van der Waals surface area contributed by atoms with Gasteiger partial charge in [-0.2, -0.15) is 0 Å². The molecule has 3 amide bonds. The van der Waals surface area contributed by atoms with Gasteiger partial charge in [-0.05, 0) is 81.4 Å². The number of amides is 3. The molecule has 11 nitrogen and oxygen atoms in total. The molecule has 0 saturated heterocycles. The second-order valence-corrected chi connectivity index (χ2v) is 14.5. The van der Waals surface area contributed by atoms with Gasteiger partial charge in [0.15, 0.2) is 5.85 Å². The van der Waals surface area contributed by atoms with Gasteiger partial charge in [0.2, 0.25) is 11.8 Å². The molecule has 13 heteroatoms. The molecule has 0 aliphatic heterocycles. The fourth-order valence-electron chi connectivity index (χ4n) is 5.07. The Labute approximate surface area is 260 Å². The zero-order chi connectivity index (χ0) is 32.2. The molecule has 3 atom stereocenters. The minimum atomic E-state index is -4.07. The predicted octanol–water partition coefficient (Wildman–Crippen LogP) is 5.48. The topological polar surface area (TPSA) is 144 Å². The summed E-state index contributed by atoms with van der Waals surface area (Å²) in [5.74, 6) is -2.39. The first kappa shape index (κ1) is 37.0. The van der Waals surface area contributed by atoms with E-state index < -0.39 is 37.5 Å². The Morgan fingerprint density at radius 2 is 1.74 bits per heavy atom. The van der Waals surface area contributed by atoms with Gasteiger partial charge in [0, 0.05) is 25.5 Å². The smallest absolute Gasteiger partial charge is 0.408 e. The number of carbonyl (C=O) groups excluding carboxylic acids is 3. The van der Waals surface area contributed by atoms with E-state index in [1.165, 1.54) is 4.90 Å². The molecule has 0 bridgehead atoms. The maximum Gasteiger partial charge on any atom is 0.408 e. The van der Waals surface area contributed by atoms with Gasteiger partial charge >= 0.3 is 13.7 Å².